The van der Waals surface area contributed by atoms with Gasteiger partial charge < -0.3 is 19.4 Å². The number of benzene rings is 2. The molecule has 2 amide bonds. The van der Waals surface area contributed by atoms with Gasteiger partial charge in [0.2, 0.25) is 5.91 Å². The largest absolute Gasteiger partial charge is 0.497 e. The monoisotopic (exact) mass is 441 g/mol. The standard InChI is InChI=1S/C24H28ClN3O3/c1-26-9-11-27(12-10-26)24(30)22-16-28(23(29)18-6-3-7-19(25)13-18)15-21(22)17-5-4-8-20(14-17)31-2/h3-8,13-14,21-22H,9-12,15-16H2,1-2H3. The number of halogens is 1. The van der Waals surface area contributed by atoms with E-state index in [4.69, 9.17) is 16.3 Å². The molecule has 0 aromatic heterocycles. The van der Waals surface area contributed by atoms with Crippen molar-refractivity contribution in [1.82, 2.24) is 14.7 Å². The summed E-state index contributed by atoms with van der Waals surface area (Å²) in [6.45, 7) is 4.07. The van der Waals surface area contributed by atoms with Gasteiger partial charge >= 0.3 is 0 Å². The lowest BCUT2D eigenvalue weighted by molar-refractivity contribution is -0.137. The SMILES string of the molecule is COc1cccc(C2CN(C(=O)c3cccc(Cl)c3)CC2C(=O)N2CCN(C)CC2)c1. The molecular weight excluding hydrogens is 414 g/mol. The Morgan fingerprint density at radius 1 is 0.968 bits per heavy atom. The second kappa shape index (κ2) is 9.28. The number of rotatable bonds is 4. The van der Waals surface area contributed by atoms with E-state index in [1.165, 1.54) is 0 Å². The van der Waals surface area contributed by atoms with Crippen molar-refractivity contribution in [2.45, 2.75) is 5.92 Å². The van der Waals surface area contributed by atoms with Gasteiger partial charge in [0.15, 0.2) is 0 Å². The Balaban J connectivity index is 1.61. The second-order valence-electron chi connectivity index (χ2n) is 8.34. The Bertz CT molecular complexity index is 959. The van der Waals surface area contributed by atoms with Gasteiger partial charge in [-0.3, -0.25) is 9.59 Å². The van der Waals surface area contributed by atoms with Crippen molar-refractivity contribution in [3.63, 3.8) is 0 Å². The number of likely N-dealkylation sites (tertiary alicyclic amines) is 1. The summed E-state index contributed by atoms with van der Waals surface area (Å²) in [4.78, 5) is 32.7. The minimum Gasteiger partial charge on any atom is -0.497 e. The molecule has 0 saturated carbocycles. The van der Waals surface area contributed by atoms with Crippen LogP contribution in [0.4, 0.5) is 0 Å². The summed E-state index contributed by atoms with van der Waals surface area (Å²) in [5, 5.41) is 0.527. The first-order valence-corrected chi connectivity index (χ1v) is 11.0. The Morgan fingerprint density at radius 2 is 1.71 bits per heavy atom. The molecule has 2 aromatic rings. The molecule has 31 heavy (non-hydrogen) atoms. The Kier molecular flexibility index (Phi) is 6.49. The molecule has 164 valence electrons. The second-order valence-corrected chi connectivity index (χ2v) is 8.78. The topological polar surface area (TPSA) is 53.1 Å². The van der Waals surface area contributed by atoms with E-state index in [0.29, 0.717) is 23.7 Å². The van der Waals surface area contributed by atoms with Crippen LogP contribution in [0.15, 0.2) is 48.5 Å². The van der Waals surface area contributed by atoms with Gasteiger partial charge in [0.25, 0.3) is 5.91 Å². The number of hydrogen-bond acceptors (Lipinski definition) is 4. The van der Waals surface area contributed by atoms with Crippen LogP contribution in [0.3, 0.4) is 0 Å². The molecule has 2 atom stereocenters. The van der Waals surface area contributed by atoms with Crippen LogP contribution >= 0.6 is 11.6 Å². The number of ether oxygens (including phenoxy) is 1. The quantitative estimate of drug-likeness (QED) is 0.732. The average molecular weight is 442 g/mol. The molecule has 7 heteroatoms. The summed E-state index contributed by atoms with van der Waals surface area (Å²) in [5.41, 5.74) is 1.57. The summed E-state index contributed by atoms with van der Waals surface area (Å²) < 4.78 is 5.40. The first kappa shape index (κ1) is 21.7. The van der Waals surface area contributed by atoms with Gasteiger partial charge in [-0.25, -0.2) is 0 Å². The van der Waals surface area contributed by atoms with Crippen LogP contribution < -0.4 is 4.74 Å². The predicted octanol–water partition coefficient (Wildman–Crippen LogP) is 2.98. The van der Waals surface area contributed by atoms with Gasteiger partial charge in [-0.1, -0.05) is 29.8 Å². The fraction of sp³-hybridized carbons (Fsp3) is 0.417. The zero-order valence-corrected chi connectivity index (χ0v) is 18.7. The van der Waals surface area contributed by atoms with E-state index in [0.717, 1.165) is 37.5 Å². The van der Waals surface area contributed by atoms with Gasteiger partial charge in [0.1, 0.15) is 5.75 Å². The highest BCUT2D eigenvalue weighted by Crippen LogP contribution is 2.36. The molecule has 0 bridgehead atoms. The third-order valence-corrected chi connectivity index (χ3v) is 6.57. The molecule has 0 aliphatic carbocycles. The van der Waals surface area contributed by atoms with E-state index in [1.54, 1.807) is 36.3 Å². The number of piperazine rings is 1. The van der Waals surface area contributed by atoms with Crippen molar-refractivity contribution in [2.24, 2.45) is 5.92 Å². The first-order chi connectivity index (χ1) is 15.0. The molecular formula is C24H28ClN3O3. The van der Waals surface area contributed by atoms with Gasteiger partial charge in [-0.2, -0.15) is 0 Å². The van der Waals surface area contributed by atoms with Crippen molar-refractivity contribution in [1.29, 1.82) is 0 Å². The highest BCUT2D eigenvalue weighted by molar-refractivity contribution is 6.30. The summed E-state index contributed by atoms with van der Waals surface area (Å²) in [7, 11) is 3.71. The number of methoxy groups -OCH3 is 1. The van der Waals surface area contributed by atoms with Gasteiger partial charge in [0.05, 0.1) is 13.0 Å². The smallest absolute Gasteiger partial charge is 0.253 e. The van der Waals surface area contributed by atoms with E-state index in [-0.39, 0.29) is 23.7 Å². The van der Waals surface area contributed by atoms with Crippen molar-refractivity contribution < 1.29 is 14.3 Å². The Labute approximate surface area is 188 Å². The number of amides is 2. The molecule has 0 spiro atoms. The normalized spacial score (nSPS) is 21.9. The summed E-state index contributed by atoms with van der Waals surface area (Å²) in [5.74, 6) is 0.429. The highest BCUT2D eigenvalue weighted by atomic mass is 35.5. The molecule has 6 nitrogen and oxygen atoms in total. The van der Waals surface area contributed by atoms with Crippen molar-refractivity contribution in [3.05, 3.63) is 64.7 Å². The van der Waals surface area contributed by atoms with Gasteiger partial charge in [-0.15, -0.1) is 0 Å². The minimum atomic E-state index is -0.279. The molecule has 2 saturated heterocycles. The van der Waals surface area contributed by atoms with Crippen LogP contribution in [0.1, 0.15) is 21.8 Å². The fourth-order valence-corrected chi connectivity index (χ4v) is 4.69. The third kappa shape index (κ3) is 4.70. The zero-order valence-electron chi connectivity index (χ0n) is 18.0. The van der Waals surface area contributed by atoms with Crippen molar-refractivity contribution in [2.75, 3.05) is 53.4 Å². The van der Waals surface area contributed by atoms with E-state index in [1.807, 2.05) is 29.2 Å². The number of hydrogen-bond donors (Lipinski definition) is 0. The maximum absolute atomic E-state index is 13.5. The summed E-state index contributed by atoms with van der Waals surface area (Å²) in [6.07, 6.45) is 0. The molecule has 2 aliphatic heterocycles. The molecule has 4 rings (SSSR count). The first-order valence-electron chi connectivity index (χ1n) is 10.6. The average Bonchev–Trinajstić information content (AvgIpc) is 3.24. The molecule has 2 aromatic carbocycles. The molecule has 2 heterocycles. The molecule has 2 aliphatic rings. The lowest BCUT2D eigenvalue weighted by atomic mass is 9.87. The van der Waals surface area contributed by atoms with Crippen LogP contribution in [-0.4, -0.2) is 79.9 Å². The predicted molar refractivity (Wildman–Crippen MR) is 121 cm³/mol. The number of carbonyl (C=O) groups excluding carboxylic acids is 2. The molecule has 2 unspecified atom stereocenters. The maximum atomic E-state index is 13.5. The van der Waals surface area contributed by atoms with Crippen LogP contribution in [0.5, 0.6) is 5.75 Å². The summed E-state index contributed by atoms with van der Waals surface area (Å²) >= 11 is 6.10. The molecule has 2 fully saturated rings. The Morgan fingerprint density at radius 3 is 2.42 bits per heavy atom. The molecule has 0 N–H and O–H groups in total. The van der Waals surface area contributed by atoms with Crippen LogP contribution in [0, 0.1) is 5.92 Å². The number of carbonyl (C=O) groups is 2. The van der Waals surface area contributed by atoms with Crippen LogP contribution in [0.25, 0.3) is 0 Å². The third-order valence-electron chi connectivity index (χ3n) is 6.33. The van der Waals surface area contributed by atoms with Crippen molar-refractivity contribution >= 4 is 23.4 Å². The van der Waals surface area contributed by atoms with Crippen LogP contribution in [-0.2, 0) is 4.79 Å². The highest BCUT2D eigenvalue weighted by Gasteiger charge is 2.42. The van der Waals surface area contributed by atoms with Crippen molar-refractivity contribution in [3.8, 4) is 5.75 Å². The lowest BCUT2D eigenvalue weighted by Gasteiger charge is -2.35. The maximum Gasteiger partial charge on any atom is 0.253 e. The Hall–Kier alpha value is -2.57. The lowest BCUT2D eigenvalue weighted by Crippen LogP contribution is -2.50. The fourth-order valence-electron chi connectivity index (χ4n) is 4.50. The van der Waals surface area contributed by atoms with Gasteiger partial charge in [0, 0.05) is 55.8 Å². The van der Waals surface area contributed by atoms with E-state index >= 15 is 0 Å². The number of likely N-dealkylation sites (N-methyl/N-ethyl adjacent to an activating group) is 1. The van der Waals surface area contributed by atoms with Crippen LogP contribution in [0.2, 0.25) is 5.02 Å². The van der Waals surface area contributed by atoms with E-state index < -0.39 is 0 Å². The van der Waals surface area contributed by atoms with E-state index in [2.05, 4.69) is 11.9 Å². The van der Waals surface area contributed by atoms with E-state index in [9.17, 15) is 9.59 Å². The minimum absolute atomic E-state index is 0.0783. The molecule has 0 radical (unpaired) electrons. The van der Waals surface area contributed by atoms with Gasteiger partial charge in [-0.05, 0) is 42.9 Å². The summed E-state index contributed by atoms with van der Waals surface area (Å²) in [6, 6.07) is 14.8. The zero-order chi connectivity index (χ0) is 22.0. The number of nitrogens with zero attached hydrogens (tertiary/aromatic N) is 3.